The van der Waals surface area contributed by atoms with E-state index >= 15 is 0 Å². The van der Waals surface area contributed by atoms with Gasteiger partial charge in [-0.15, -0.1) is 0 Å². The molecule has 0 radical (unpaired) electrons. The van der Waals surface area contributed by atoms with Gasteiger partial charge in [0.1, 0.15) is 11.6 Å². The van der Waals surface area contributed by atoms with Crippen LogP contribution in [0.5, 0.6) is 5.88 Å². The van der Waals surface area contributed by atoms with E-state index in [1.54, 1.807) is 12.4 Å². The normalized spacial score (nSPS) is 16.5. The molecule has 9 heteroatoms. The summed E-state index contributed by atoms with van der Waals surface area (Å²) in [6.07, 6.45) is 3.97. The molecule has 3 aromatic rings. The molecular formula is C19H21N5O3S. The fourth-order valence-electron chi connectivity index (χ4n) is 2.96. The molecule has 1 amide bonds. The van der Waals surface area contributed by atoms with Gasteiger partial charge in [0.25, 0.3) is 5.22 Å². The number of amides is 1. The monoisotopic (exact) mass is 399 g/mol. The van der Waals surface area contributed by atoms with Crippen LogP contribution < -0.4 is 9.64 Å². The first-order valence-electron chi connectivity index (χ1n) is 9.00. The summed E-state index contributed by atoms with van der Waals surface area (Å²) in [7, 11) is 3.80. The Morgan fingerprint density at radius 1 is 1.32 bits per heavy atom. The molecule has 1 unspecified atom stereocenters. The summed E-state index contributed by atoms with van der Waals surface area (Å²) in [5, 5.41) is 0.511. The Kier molecular flexibility index (Phi) is 5.34. The van der Waals surface area contributed by atoms with Gasteiger partial charge >= 0.3 is 0 Å². The van der Waals surface area contributed by atoms with E-state index in [0.29, 0.717) is 24.2 Å². The van der Waals surface area contributed by atoms with Gasteiger partial charge in [-0.25, -0.2) is 4.98 Å². The van der Waals surface area contributed by atoms with E-state index < -0.39 is 0 Å². The highest BCUT2D eigenvalue weighted by Gasteiger charge is 2.28. The highest BCUT2D eigenvalue weighted by molar-refractivity contribution is 7.99. The van der Waals surface area contributed by atoms with Crippen molar-refractivity contribution in [3.63, 3.8) is 0 Å². The molecule has 2 aromatic heterocycles. The zero-order valence-corrected chi connectivity index (χ0v) is 16.6. The SMILES string of the molecule is CN(C)c1cncc(OC2CCN(C(=O)CSc3nc4ccccc4o3)C2)n1. The second kappa shape index (κ2) is 8.05. The van der Waals surface area contributed by atoms with Crippen LogP contribution in [0.1, 0.15) is 6.42 Å². The minimum atomic E-state index is -0.0787. The van der Waals surface area contributed by atoms with Gasteiger partial charge in [-0.05, 0) is 12.1 Å². The summed E-state index contributed by atoms with van der Waals surface area (Å²) in [5.74, 6) is 1.55. The first-order chi connectivity index (χ1) is 13.6. The molecule has 1 aromatic carbocycles. The maximum absolute atomic E-state index is 12.5. The van der Waals surface area contributed by atoms with E-state index in [9.17, 15) is 4.79 Å². The topological polar surface area (TPSA) is 84.6 Å². The Labute approximate surface area is 166 Å². The molecule has 146 valence electrons. The second-order valence-electron chi connectivity index (χ2n) is 6.71. The van der Waals surface area contributed by atoms with Crippen LogP contribution in [0.3, 0.4) is 0 Å². The summed E-state index contributed by atoms with van der Waals surface area (Å²) in [6, 6.07) is 7.57. The molecule has 1 aliphatic heterocycles. The Morgan fingerprint density at radius 3 is 3.00 bits per heavy atom. The number of para-hydroxylation sites is 2. The number of carbonyl (C=O) groups is 1. The van der Waals surface area contributed by atoms with Crippen LogP contribution in [-0.2, 0) is 4.79 Å². The minimum absolute atomic E-state index is 0.0477. The van der Waals surface area contributed by atoms with Crippen LogP contribution in [0.2, 0.25) is 0 Å². The summed E-state index contributed by atoms with van der Waals surface area (Å²) in [5.41, 5.74) is 1.53. The van der Waals surface area contributed by atoms with Crippen molar-refractivity contribution in [1.82, 2.24) is 19.9 Å². The molecule has 0 aliphatic carbocycles. The van der Waals surface area contributed by atoms with Gasteiger partial charge in [0.15, 0.2) is 11.4 Å². The Balaban J connectivity index is 1.29. The number of hydrogen-bond acceptors (Lipinski definition) is 8. The van der Waals surface area contributed by atoms with Gasteiger partial charge in [0.2, 0.25) is 11.8 Å². The Morgan fingerprint density at radius 2 is 2.18 bits per heavy atom. The summed E-state index contributed by atoms with van der Waals surface area (Å²) in [4.78, 5) is 29.2. The zero-order valence-electron chi connectivity index (χ0n) is 15.7. The van der Waals surface area contributed by atoms with Crippen molar-refractivity contribution in [3.8, 4) is 5.88 Å². The number of benzene rings is 1. The molecule has 1 saturated heterocycles. The molecule has 0 bridgehead atoms. The first kappa shape index (κ1) is 18.5. The van der Waals surface area contributed by atoms with E-state index in [0.717, 1.165) is 23.3 Å². The lowest BCUT2D eigenvalue weighted by molar-refractivity contribution is -0.127. The quantitative estimate of drug-likeness (QED) is 0.585. The zero-order chi connectivity index (χ0) is 19.5. The number of aromatic nitrogens is 3. The predicted octanol–water partition coefficient (Wildman–Crippen LogP) is 2.46. The average molecular weight is 399 g/mol. The van der Waals surface area contributed by atoms with Crippen molar-refractivity contribution >= 4 is 34.6 Å². The van der Waals surface area contributed by atoms with Crippen LogP contribution in [0, 0.1) is 0 Å². The number of carbonyl (C=O) groups excluding carboxylic acids is 1. The van der Waals surface area contributed by atoms with Gasteiger partial charge in [-0.2, -0.15) is 4.98 Å². The third kappa shape index (κ3) is 4.19. The number of thioether (sulfide) groups is 1. The minimum Gasteiger partial charge on any atom is -0.471 e. The molecule has 3 heterocycles. The van der Waals surface area contributed by atoms with Crippen LogP contribution in [0.25, 0.3) is 11.1 Å². The van der Waals surface area contributed by atoms with Crippen molar-refractivity contribution in [2.24, 2.45) is 0 Å². The molecule has 1 aliphatic rings. The van der Waals surface area contributed by atoms with E-state index in [1.807, 2.05) is 48.2 Å². The fraction of sp³-hybridized carbons (Fsp3) is 0.368. The molecule has 0 spiro atoms. The van der Waals surface area contributed by atoms with Crippen molar-refractivity contribution in [2.45, 2.75) is 17.7 Å². The lowest BCUT2D eigenvalue weighted by atomic mass is 10.3. The van der Waals surface area contributed by atoms with E-state index in [4.69, 9.17) is 9.15 Å². The molecule has 28 heavy (non-hydrogen) atoms. The number of ether oxygens (including phenoxy) is 1. The highest BCUT2D eigenvalue weighted by Crippen LogP contribution is 2.24. The summed E-state index contributed by atoms with van der Waals surface area (Å²) in [6.45, 7) is 1.21. The molecular weight excluding hydrogens is 378 g/mol. The Hall–Kier alpha value is -2.81. The third-order valence-electron chi connectivity index (χ3n) is 4.44. The summed E-state index contributed by atoms with van der Waals surface area (Å²) < 4.78 is 11.6. The number of fused-ring (bicyclic) bond motifs is 1. The number of rotatable bonds is 6. The lowest BCUT2D eigenvalue weighted by Gasteiger charge is -2.17. The highest BCUT2D eigenvalue weighted by atomic mass is 32.2. The number of oxazole rings is 1. The molecule has 1 atom stereocenters. The molecule has 0 saturated carbocycles. The molecule has 0 N–H and O–H groups in total. The van der Waals surface area contributed by atoms with Gasteiger partial charge in [0, 0.05) is 27.1 Å². The first-order valence-corrected chi connectivity index (χ1v) is 9.99. The van der Waals surface area contributed by atoms with Gasteiger partial charge in [-0.1, -0.05) is 23.9 Å². The number of nitrogens with zero attached hydrogens (tertiary/aromatic N) is 5. The average Bonchev–Trinajstić information content (AvgIpc) is 3.33. The maximum Gasteiger partial charge on any atom is 0.257 e. The van der Waals surface area contributed by atoms with E-state index in [1.165, 1.54) is 11.8 Å². The number of hydrogen-bond donors (Lipinski definition) is 0. The van der Waals surface area contributed by atoms with Crippen LogP contribution in [0.15, 0.2) is 46.3 Å². The van der Waals surface area contributed by atoms with E-state index in [2.05, 4.69) is 15.0 Å². The van der Waals surface area contributed by atoms with E-state index in [-0.39, 0.29) is 17.8 Å². The number of anilines is 1. The molecule has 1 fully saturated rings. The maximum atomic E-state index is 12.5. The molecule has 4 rings (SSSR count). The Bertz CT molecular complexity index is 944. The van der Waals surface area contributed by atoms with Crippen LogP contribution in [0.4, 0.5) is 5.82 Å². The van der Waals surface area contributed by atoms with Crippen molar-refractivity contribution in [1.29, 1.82) is 0 Å². The third-order valence-corrected chi connectivity index (χ3v) is 5.25. The van der Waals surface area contributed by atoms with Crippen LogP contribution >= 0.6 is 11.8 Å². The number of likely N-dealkylation sites (tertiary alicyclic amines) is 1. The van der Waals surface area contributed by atoms with Gasteiger partial charge in [-0.3, -0.25) is 9.78 Å². The lowest BCUT2D eigenvalue weighted by Crippen LogP contribution is -2.32. The van der Waals surface area contributed by atoms with Gasteiger partial charge < -0.3 is 19.0 Å². The smallest absolute Gasteiger partial charge is 0.257 e. The fourth-order valence-corrected chi connectivity index (χ4v) is 3.70. The largest absolute Gasteiger partial charge is 0.471 e. The molecule has 8 nitrogen and oxygen atoms in total. The second-order valence-corrected chi connectivity index (χ2v) is 7.64. The standard InChI is InChI=1S/C19H21N5O3S/c1-23(2)16-9-20-10-17(22-16)26-13-7-8-24(11-13)18(25)12-28-19-21-14-5-3-4-6-15(14)27-19/h3-6,9-10,13H,7-8,11-12H2,1-2H3. The van der Waals surface area contributed by atoms with Crippen molar-refractivity contribution in [3.05, 3.63) is 36.7 Å². The van der Waals surface area contributed by atoms with Crippen LogP contribution in [-0.4, -0.2) is 64.8 Å². The predicted molar refractivity (Wildman–Crippen MR) is 107 cm³/mol. The van der Waals surface area contributed by atoms with Crippen molar-refractivity contribution < 1.29 is 13.9 Å². The van der Waals surface area contributed by atoms with Crippen molar-refractivity contribution in [2.75, 3.05) is 37.8 Å². The van der Waals surface area contributed by atoms with Gasteiger partial charge in [0.05, 0.1) is 24.7 Å². The summed E-state index contributed by atoms with van der Waals surface area (Å²) >= 11 is 1.31.